The van der Waals surface area contributed by atoms with E-state index in [4.69, 9.17) is 9.15 Å². The highest BCUT2D eigenvalue weighted by atomic mass is 32.1. The SMILES string of the molecule is C[C@H](Cc1nc2ccccc2s1)NC(=O)c1ccc(COc2ccc(F)cc2)o1. The number of aromatic nitrogens is 1. The maximum Gasteiger partial charge on any atom is 0.287 e. The molecule has 0 aliphatic heterocycles. The number of para-hydroxylation sites is 1. The number of ether oxygens (including phenoxy) is 1. The summed E-state index contributed by atoms with van der Waals surface area (Å²) in [6.07, 6.45) is 0.645. The number of hydrogen-bond acceptors (Lipinski definition) is 5. The lowest BCUT2D eigenvalue weighted by Crippen LogP contribution is -2.33. The molecule has 0 saturated carbocycles. The minimum Gasteiger partial charge on any atom is -0.486 e. The second-order valence-electron chi connectivity index (χ2n) is 6.66. The van der Waals surface area contributed by atoms with Crippen molar-refractivity contribution in [3.63, 3.8) is 0 Å². The summed E-state index contributed by atoms with van der Waals surface area (Å²) in [7, 11) is 0. The Labute approximate surface area is 171 Å². The topological polar surface area (TPSA) is 64.4 Å². The second kappa shape index (κ2) is 8.45. The Balaban J connectivity index is 1.31. The van der Waals surface area contributed by atoms with Gasteiger partial charge in [0.25, 0.3) is 5.91 Å². The van der Waals surface area contributed by atoms with Crippen LogP contribution in [0.2, 0.25) is 0 Å². The zero-order valence-electron chi connectivity index (χ0n) is 15.7. The van der Waals surface area contributed by atoms with Crippen molar-refractivity contribution in [2.45, 2.75) is 26.0 Å². The normalized spacial score (nSPS) is 12.1. The van der Waals surface area contributed by atoms with Crippen molar-refractivity contribution in [1.29, 1.82) is 0 Å². The Hall–Kier alpha value is -3.19. The smallest absolute Gasteiger partial charge is 0.287 e. The van der Waals surface area contributed by atoms with Gasteiger partial charge in [-0.05, 0) is 55.5 Å². The molecule has 1 N–H and O–H groups in total. The first-order valence-electron chi connectivity index (χ1n) is 9.19. The molecule has 0 aliphatic carbocycles. The molecule has 148 valence electrons. The van der Waals surface area contributed by atoms with Crippen molar-refractivity contribution in [1.82, 2.24) is 10.3 Å². The van der Waals surface area contributed by atoms with E-state index in [1.807, 2.05) is 31.2 Å². The van der Waals surface area contributed by atoms with Crippen molar-refractivity contribution in [2.24, 2.45) is 0 Å². The summed E-state index contributed by atoms with van der Waals surface area (Å²) < 4.78 is 25.1. The van der Waals surface area contributed by atoms with E-state index >= 15 is 0 Å². The van der Waals surface area contributed by atoms with E-state index in [0.29, 0.717) is 17.9 Å². The van der Waals surface area contributed by atoms with Crippen molar-refractivity contribution in [3.8, 4) is 5.75 Å². The number of nitrogens with one attached hydrogen (secondary N) is 1. The zero-order valence-corrected chi connectivity index (χ0v) is 16.5. The number of nitrogens with zero attached hydrogens (tertiary/aromatic N) is 1. The lowest BCUT2D eigenvalue weighted by molar-refractivity contribution is 0.0908. The molecule has 0 aliphatic rings. The molecular weight excluding hydrogens is 391 g/mol. The first kappa shape index (κ1) is 19.1. The van der Waals surface area contributed by atoms with Crippen LogP contribution in [0.25, 0.3) is 10.2 Å². The van der Waals surface area contributed by atoms with Gasteiger partial charge in [-0.2, -0.15) is 0 Å². The van der Waals surface area contributed by atoms with Gasteiger partial charge < -0.3 is 14.5 Å². The third-order valence-electron chi connectivity index (χ3n) is 4.28. The van der Waals surface area contributed by atoms with Crippen LogP contribution in [-0.2, 0) is 13.0 Å². The molecular formula is C22H19FN2O3S. The first-order chi connectivity index (χ1) is 14.1. The van der Waals surface area contributed by atoms with Crippen LogP contribution < -0.4 is 10.1 Å². The van der Waals surface area contributed by atoms with Crippen molar-refractivity contribution in [3.05, 3.63) is 83.0 Å². The fourth-order valence-electron chi connectivity index (χ4n) is 2.88. The van der Waals surface area contributed by atoms with Gasteiger partial charge in [0.05, 0.1) is 15.2 Å². The molecule has 2 aromatic carbocycles. The largest absolute Gasteiger partial charge is 0.486 e. The monoisotopic (exact) mass is 410 g/mol. The molecule has 1 amide bonds. The molecule has 7 heteroatoms. The standard InChI is InChI=1S/C22H19FN2O3S/c1-14(12-21-25-18-4-2-3-5-20(18)29-21)24-22(26)19-11-10-17(28-19)13-27-16-8-6-15(23)7-9-16/h2-11,14H,12-13H2,1H3,(H,24,26)/t14-/m1/s1. The number of rotatable bonds is 7. The van der Waals surface area contributed by atoms with E-state index in [-0.39, 0.29) is 30.1 Å². The van der Waals surface area contributed by atoms with Gasteiger partial charge in [-0.3, -0.25) is 4.79 Å². The van der Waals surface area contributed by atoms with Gasteiger partial charge in [-0.15, -0.1) is 11.3 Å². The van der Waals surface area contributed by atoms with Gasteiger partial charge >= 0.3 is 0 Å². The fraction of sp³-hybridized carbons (Fsp3) is 0.182. The predicted octanol–water partition coefficient (Wildman–Crippen LogP) is 4.97. The van der Waals surface area contributed by atoms with Crippen LogP contribution in [0.15, 0.2) is 65.1 Å². The van der Waals surface area contributed by atoms with Crippen LogP contribution in [0, 0.1) is 5.82 Å². The second-order valence-corrected chi connectivity index (χ2v) is 7.78. The lowest BCUT2D eigenvalue weighted by Gasteiger charge is -2.11. The summed E-state index contributed by atoms with van der Waals surface area (Å²) in [6.45, 7) is 2.09. The minimum absolute atomic E-state index is 0.0907. The molecule has 0 unspecified atom stereocenters. The average molecular weight is 410 g/mol. The minimum atomic E-state index is -0.325. The van der Waals surface area contributed by atoms with Crippen molar-refractivity contribution < 1.29 is 18.3 Å². The fourth-order valence-corrected chi connectivity index (χ4v) is 3.97. The van der Waals surface area contributed by atoms with Crippen LogP contribution in [-0.4, -0.2) is 16.9 Å². The molecule has 0 fully saturated rings. The highest BCUT2D eigenvalue weighted by molar-refractivity contribution is 7.18. The Kier molecular flexibility index (Phi) is 5.57. The van der Waals surface area contributed by atoms with E-state index in [0.717, 1.165) is 15.2 Å². The number of amides is 1. The summed E-state index contributed by atoms with van der Waals surface area (Å²) in [5.41, 5.74) is 0.975. The summed E-state index contributed by atoms with van der Waals surface area (Å²) in [5, 5.41) is 3.91. The van der Waals surface area contributed by atoms with Crippen LogP contribution in [0.3, 0.4) is 0 Å². The molecule has 0 radical (unpaired) electrons. The molecule has 4 aromatic rings. The first-order valence-corrected chi connectivity index (χ1v) is 10.0. The zero-order chi connectivity index (χ0) is 20.2. The molecule has 2 heterocycles. The van der Waals surface area contributed by atoms with E-state index in [2.05, 4.69) is 10.3 Å². The summed E-state index contributed by atoms with van der Waals surface area (Å²) in [6, 6.07) is 16.9. The molecule has 0 saturated heterocycles. The highest BCUT2D eigenvalue weighted by Crippen LogP contribution is 2.22. The Morgan fingerprint density at radius 1 is 1.17 bits per heavy atom. The average Bonchev–Trinajstić information content (AvgIpc) is 3.33. The third kappa shape index (κ3) is 4.81. The molecule has 29 heavy (non-hydrogen) atoms. The van der Waals surface area contributed by atoms with Gasteiger partial charge in [0, 0.05) is 12.5 Å². The van der Waals surface area contributed by atoms with Crippen molar-refractivity contribution >= 4 is 27.5 Å². The number of carbonyl (C=O) groups excluding carboxylic acids is 1. The van der Waals surface area contributed by atoms with Gasteiger partial charge in [-0.1, -0.05) is 12.1 Å². The van der Waals surface area contributed by atoms with E-state index in [9.17, 15) is 9.18 Å². The van der Waals surface area contributed by atoms with Crippen LogP contribution in [0.1, 0.15) is 28.2 Å². The summed E-state index contributed by atoms with van der Waals surface area (Å²) in [5.74, 6) is 0.649. The Bertz CT molecular complexity index is 1090. The van der Waals surface area contributed by atoms with E-state index in [1.165, 1.54) is 24.3 Å². The van der Waals surface area contributed by atoms with Gasteiger partial charge in [0.15, 0.2) is 5.76 Å². The molecule has 2 aromatic heterocycles. The Morgan fingerprint density at radius 3 is 2.76 bits per heavy atom. The van der Waals surface area contributed by atoms with E-state index in [1.54, 1.807) is 23.5 Å². The number of fused-ring (bicyclic) bond motifs is 1. The van der Waals surface area contributed by atoms with Crippen molar-refractivity contribution in [2.75, 3.05) is 0 Å². The Morgan fingerprint density at radius 2 is 1.97 bits per heavy atom. The van der Waals surface area contributed by atoms with Crippen LogP contribution >= 0.6 is 11.3 Å². The number of hydrogen-bond donors (Lipinski definition) is 1. The van der Waals surface area contributed by atoms with Gasteiger partial charge in [0.2, 0.25) is 0 Å². The van der Waals surface area contributed by atoms with Gasteiger partial charge in [0.1, 0.15) is 23.9 Å². The summed E-state index contributed by atoms with van der Waals surface area (Å²) in [4.78, 5) is 17.0. The highest BCUT2D eigenvalue weighted by Gasteiger charge is 2.16. The molecule has 5 nitrogen and oxygen atoms in total. The molecule has 1 atom stereocenters. The predicted molar refractivity (Wildman–Crippen MR) is 110 cm³/mol. The lowest BCUT2D eigenvalue weighted by atomic mass is 10.2. The molecule has 0 spiro atoms. The maximum absolute atomic E-state index is 12.9. The molecule has 0 bridgehead atoms. The number of halogens is 1. The van der Waals surface area contributed by atoms with E-state index < -0.39 is 0 Å². The number of carbonyl (C=O) groups is 1. The summed E-state index contributed by atoms with van der Waals surface area (Å²) >= 11 is 1.63. The number of furan rings is 1. The number of thiazole rings is 1. The van der Waals surface area contributed by atoms with Crippen LogP contribution in [0.4, 0.5) is 4.39 Å². The van der Waals surface area contributed by atoms with Crippen LogP contribution in [0.5, 0.6) is 5.75 Å². The number of benzene rings is 2. The quantitative estimate of drug-likeness (QED) is 0.467. The molecule has 4 rings (SSSR count). The third-order valence-corrected chi connectivity index (χ3v) is 5.34. The van der Waals surface area contributed by atoms with Gasteiger partial charge in [-0.25, -0.2) is 9.37 Å². The maximum atomic E-state index is 12.9.